The van der Waals surface area contributed by atoms with Gasteiger partial charge in [-0.1, -0.05) is 18.2 Å². The molecule has 0 aliphatic carbocycles. The lowest BCUT2D eigenvalue weighted by atomic mass is 10.1. The van der Waals surface area contributed by atoms with Gasteiger partial charge >= 0.3 is 0 Å². The number of hydrazone groups is 1. The van der Waals surface area contributed by atoms with Gasteiger partial charge in [0.25, 0.3) is 0 Å². The summed E-state index contributed by atoms with van der Waals surface area (Å²) >= 11 is 0. The Labute approximate surface area is 76.3 Å². The molecule has 3 heteroatoms. The maximum absolute atomic E-state index is 5.23. The van der Waals surface area contributed by atoms with Crippen LogP contribution in [-0.2, 0) is 0 Å². The molecule has 0 atom stereocenters. The van der Waals surface area contributed by atoms with Crippen molar-refractivity contribution in [2.24, 2.45) is 10.9 Å². The molecule has 0 fully saturated rings. The first-order valence-electron chi connectivity index (χ1n) is 4.14. The molecule has 3 N–H and O–H groups in total. The van der Waals surface area contributed by atoms with Crippen LogP contribution in [0.1, 0.15) is 12.5 Å². The van der Waals surface area contributed by atoms with E-state index >= 15 is 0 Å². The number of aromatic amines is 1. The quantitative estimate of drug-likeness (QED) is 0.386. The lowest BCUT2D eigenvalue weighted by molar-refractivity contribution is 1.24. The monoisotopic (exact) mass is 173 g/mol. The molecule has 2 rings (SSSR count). The smallest absolute Gasteiger partial charge is 0.0663 e. The van der Waals surface area contributed by atoms with E-state index in [-0.39, 0.29) is 0 Å². The first-order chi connectivity index (χ1) is 6.33. The van der Waals surface area contributed by atoms with Crippen molar-refractivity contribution in [1.29, 1.82) is 0 Å². The largest absolute Gasteiger partial charge is 0.360 e. The minimum absolute atomic E-state index is 0.845. The number of hydrogen-bond acceptors (Lipinski definition) is 2. The van der Waals surface area contributed by atoms with Crippen LogP contribution in [0.2, 0.25) is 0 Å². The number of aromatic nitrogens is 1. The summed E-state index contributed by atoms with van der Waals surface area (Å²) in [6.07, 6.45) is 1.93. The average Bonchev–Trinajstić information content (AvgIpc) is 2.60. The summed E-state index contributed by atoms with van der Waals surface area (Å²) in [7, 11) is 0. The van der Waals surface area contributed by atoms with E-state index in [1.165, 1.54) is 0 Å². The molecule has 0 spiro atoms. The minimum Gasteiger partial charge on any atom is -0.360 e. The SMILES string of the molecule is C/C(=N\N)c1c[nH]c2ccccc12. The van der Waals surface area contributed by atoms with Crippen molar-refractivity contribution < 1.29 is 0 Å². The molecule has 13 heavy (non-hydrogen) atoms. The van der Waals surface area contributed by atoms with Crippen LogP contribution in [0.25, 0.3) is 10.9 Å². The summed E-state index contributed by atoms with van der Waals surface area (Å²) in [4.78, 5) is 3.17. The zero-order valence-corrected chi connectivity index (χ0v) is 7.41. The van der Waals surface area contributed by atoms with E-state index < -0.39 is 0 Å². The van der Waals surface area contributed by atoms with Crippen LogP contribution < -0.4 is 5.84 Å². The fourth-order valence-corrected chi connectivity index (χ4v) is 1.44. The number of hydrogen-bond donors (Lipinski definition) is 2. The summed E-state index contributed by atoms with van der Waals surface area (Å²) in [5, 5.41) is 4.84. The van der Waals surface area contributed by atoms with E-state index in [0.717, 1.165) is 22.2 Å². The lowest BCUT2D eigenvalue weighted by Crippen LogP contribution is -1.96. The second kappa shape index (κ2) is 2.94. The highest BCUT2D eigenvalue weighted by Crippen LogP contribution is 2.17. The molecule has 66 valence electrons. The van der Waals surface area contributed by atoms with Crippen molar-refractivity contribution in [3.05, 3.63) is 36.0 Å². The van der Waals surface area contributed by atoms with Gasteiger partial charge in [-0.15, -0.1) is 0 Å². The highest BCUT2D eigenvalue weighted by molar-refractivity contribution is 6.09. The van der Waals surface area contributed by atoms with Gasteiger partial charge in [0.15, 0.2) is 0 Å². The topological polar surface area (TPSA) is 54.2 Å². The molecule has 0 radical (unpaired) electrons. The van der Waals surface area contributed by atoms with Crippen molar-refractivity contribution in [3.8, 4) is 0 Å². The molecule has 0 aliphatic heterocycles. The molecule has 2 aromatic rings. The summed E-state index contributed by atoms with van der Waals surface area (Å²) in [5.74, 6) is 5.23. The van der Waals surface area contributed by atoms with Gasteiger partial charge in [0.05, 0.1) is 5.71 Å². The van der Waals surface area contributed by atoms with Crippen molar-refractivity contribution in [3.63, 3.8) is 0 Å². The molecular weight excluding hydrogens is 162 g/mol. The minimum atomic E-state index is 0.845. The molecule has 0 unspecified atom stereocenters. The second-order valence-corrected chi connectivity index (χ2v) is 2.96. The van der Waals surface area contributed by atoms with Gasteiger partial charge in [-0.2, -0.15) is 5.10 Å². The van der Waals surface area contributed by atoms with E-state index in [1.807, 2.05) is 31.3 Å². The summed E-state index contributed by atoms with van der Waals surface area (Å²) < 4.78 is 0. The molecule has 0 saturated heterocycles. The first-order valence-corrected chi connectivity index (χ1v) is 4.14. The van der Waals surface area contributed by atoms with Crippen molar-refractivity contribution in [2.75, 3.05) is 0 Å². The van der Waals surface area contributed by atoms with Gasteiger partial charge < -0.3 is 10.8 Å². The highest BCUT2D eigenvalue weighted by Gasteiger charge is 2.04. The Balaban J connectivity index is 2.71. The van der Waals surface area contributed by atoms with Crippen LogP contribution in [0.5, 0.6) is 0 Å². The van der Waals surface area contributed by atoms with Crippen molar-refractivity contribution in [2.45, 2.75) is 6.92 Å². The fourth-order valence-electron chi connectivity index (χ4n) is 1.44. The van der Waals surface area contributed by atoms with Crippen LogP contribution in [0.15, 0.2) is 35.6 Å². The molecule has 3 nitrogen and oxygen atoms in total. The fraction of sp³-hybridized carbons (Fsp3) is 0.100. The first kappa shape index (κ1) is 7.86. The van der Waals surface area contributed by atoms with Crippen molar-refractivity contribution in [1.82, 2.24) is 4.98 Å². The lowest BCUT2D eigenvalue weighted by Gasteiger charge is -1.94. The van der Waals surface area contributed by atoms with Crippen LogP contribution >= 0.6 is 0 Å². The summed E-state index contributed by atoms with van der Waals surface area (Å²) in [5.41, 5.74) is 3.02. The number of H-pyrrole nitrogens is 1. The number of nitrogens with one attached hydrogen (secondary N) is 1. The summed E-state index contributed by atoms with van der Waals surface area (Å²) in [6, 6.07) is 8.08. The Kier molecular flexibility index (Phi) is 1.77. The Morgan fingerprint density at radius 2 is 2.15 bits per heavy atom. The van der Waals surface area contributed by atoms with Gasteiger partial charge in [0.2, 0.25) is 0 Å². The van der Waals surface area contributed by atoms with Gasteiger partial charge in [-0.05, 0) is 13.0 Å². The van der Waals surface area contributed by atoms with Crippen LogP contribution in [0.4, 0.5) is 0 Å². The van der Waals surface area contributed by atoms with E-state index in [4.69, 9.17) is 5.84 Å². The van der Waals surface area contributed by atoms with E-state index in [1.54, 1.807) is 0 Å². The molecule has 0 aliphatic rings. The van der Waals surface area contributed by atoms with Gasteiger partial charge in [0.1, 0.15) is 0 Å². The third-order valence-corrected chi connectivity index (χ3v) is 2.17. The van der Waals surface area contributed by atoms with Crippen LogP contribution in [0.3, 0.4) is 0 Å². The van der Waals surface area contributed by atoms with E-state index in [9.17, 15) is 0 Å². The van der Waals surface area contributed by atoms with Crippen molar-refractivity contribution >= 4 is 16.6 Å². The van der Waals surface area contributed by atoms with Gasteiger partial charge in [0, 0.05) is 22.7 Å². The highest BCUT2D eigenvalue weighted by atomic mass is 15.1. The third kappa shape index (κ3) is 1.18. The number of rotatable bonds is 1. The van der Waals surface area contributed by atoms with Gasteiger partial charge in [-0.25, -0.2) is 0 Å². The zero-order chi connectivity index (χ0) is 9.26. The average molecular weight is 173 g/mol. The molecular formula is C10H11N3. The Hall–Kier alpha value is -1.77. The van der Waals surface area contributed by atoms with E-state index in [0.29, 0.717) is 0 Å². The summed E-state index contributed by atoms with van der Waals surface area (Å²) in [6.45, 7) is 1.90. The number of para-hydroxylation sites is 1. The number of fused-ring (bicyclic) bond motifs is 1. The third-order valence-electron chi connectivity index (χ3n) is 2.17. The number of nitrogens with two attached hydrogens (primary N) is 1. The number of benzene rings is 1. The second-order valence-electron chi connectivity index (χ2n) is 2.96. The van der Waals surface area contributed by atoms with E-state index in [2.05, 4.69) is 16.2 Å². The number of nitrogens with zero attached hydrogens (tertiary/aromatic N) is 1. The maximum atomic E-state index is 5.23. The molecule has 1 aromatic carbocycles. The molecule has 1 aromatic heterocycles. The maximum Gasteiger partial charge on any atom is 0.0663 e. The standard InChI is InChI=1S/C10H11N3/c1-7(13-11)9-6-12-10-5-3-2-4-8(9)10/h2-6,12H,11H2,1H3/b13-7+. The van der Waals surface area contributed by atoms with Crippen LogP contribution in [0, 0.1) is 0 Å². The molecule has 0 saturated carbocycles. The normalized spacial score (nSPS) is 12.2. The Morgan fingerprint density at radius 3 is 2.92 bits per heavy atom. The van der Waals surface area contributed by atoms with Crippen LogP contribution in [-0.4, -0.2) is 10.7 Å². The predicted molar refractivity (Wildman–Crippen MR) is 54.7 cm³/mol. The Morgan fingerprint density at radius 1 is 1.38 bits per heavy atom. The molecule has 0 amide bonds. The molecule has 0 bridgehead atoms. The predicted octanol–water partition coefficient (Wildman–Crippen LogP) is 1.85. The van der Waals surface area contributed by atoms with Gasteiger partial charge in [-0.3, -0.25) is 0 Å². The Bertz CT molecular complexity index is 454. The molecule has 1 heterocycles. The zero-order valence-electron chi connectivity index (χ0n) is 7.41.